The van der Waals surface area contributed by atoms with Crippen LogP contribution < -0.4 is 5.32 Å². The van der Waals surface area contributed by atoms with Gasteiger partial charge in [0.15, 0.2) is 0 Å². The summed E-state index contributed by atoms with van der Waals surface area (Å²) in [5.74, 6) is 0.595. The van der Waals surface area contributed by atoms with E-state index in [1.54, 1.807) is 6.92 Å². The van der Waals surface area contributed by atoms with Gasteiger partial charge in [0.2, 0.25) is 5.91 Å². The highest BCUT2D eigenvalue weighted by Crippen LogP contribution is 2.34. The van der Waals surface area contributed by atoms with Gasteiger partial charge in [-0.1, -0.05) is 36.8 Å². The van der Waals surface area contributed by atoms with E-state index >= 15 is 0 Å². The molecule has 0 saturated heterocycles. The van der Waals surface area contributed by atoms with Gasteiger partial charge >= 0.3 is 0 Å². The number of carbonyl (C=O) groups excluding carboxylic acids is 1. The lowest BCUT2D eigenvalue weighted by Gasteiger charge is -2.20. The van der Waals surface area contributed by atoms with Gasteiger partial charge in [-0.3, -0.25) is 4.79 Å². The van der Waals surface area contributed by atoms with Gasteiger partial charge < -0.3 is 5.32 Å². The van der Waals surface area contributed by atoms with E-state index in [0.717, 1.165) is 6.42 Å². The smallest absolute Gasteiger partial charge is 0.217 e. The van der Waals surface area contributed by atoms with Crippen LogP contribution in [-0.4, -0.2) is 11.9 Å². The van der Waals surface area contributed by atoms with Gasteiger partial charge in [-0.15, -0.1) is 0 Å². The summed E-state index contributed by atoms with van der Waals surface area (Å²) in [4.78, 5) is 11.1. The van der Waals surface area contributed by atoms with Crippen molar-refractivity contribution in [1.29, 1.82) is 0 Å². The Bertz CT molecular complexity index is 334. The molecular formula is C13H17NO. The van der Waals surface area contributed by atoms with Crippen molar-refractivity contribution in [2.45, 2.75) is 38.1 Å². The second-order valence-electron chi connectivity index (χ2n) is 4.26. The zero-order chi connectivity index (χ0) is 10.7. The van der Waals surface area contributed by atoms with E-state index < -0.39 is 0 Å². The minimum Gasteiger partial charge on any atom is -0.353 e. The van der Waals surface area contributed by atoms with Gasteiger partial charge in [-0.2, -0.15) is 0 Å². The van der Waals surface area contributed by atoms with E-state index in [1.165, 1.54) is 18.4 Å². The van der Waals surface area contributed by atoms with Crippen LogP contribution in [0.25, 0.3) is 0 Å². The molecule has 0 heterocycles. The fraction of sp³-hybridized carbons (Fsp3) is 0.462. The Kier molecular flexibility index (Phi) is 3.05. The second kappa shape index (κ2) is 4.47. The van der Waals surface area contributed by atoms with Gasteiger partial charge in [-0.25, -0.2) is 0 Å². The highest BCUT2D eigenvalue weighted by atomic mass is 16.1. The summed E-state index contributed by atoms with van der Waals surface area (Å²) in [5, 5.41) is 3.05. The zero-order valence-electron chi connectivity index (χ0n) is 9.07. The molecular weight excluding hydrogens is 186 g/mol. The molecule has 1 aliphatic rings. The molecule has 1 amide bonds. The third-order valence-electron chi connectivity index (χ3n) is 3.13. The number of rotatable bonds is 2. The van der Waals surface area contributed by atoms with E-state index in [9.17, 15) is 4.79 Å². The molecule has 0 bridgehead atoms. The normalized spacial score (nSPS) is 25.1. The molecule has 0 spiro atoms. The molecule has 15 heavy (non-hydrogen) atoms. The SMILES string of the molecule is CC(=O)N[C@@H]1CCC[C@H]1c1ccccc1. The molecule has 0 unspecified atom stereocenters. The highest BCUT2D eigenvalue weighted by molar-refractivity contribution is 5.73. The molecule has 0 aliphatic heterocycles. The first-order chi connectivity index (χ1) is 7.27. The molecule has 80 valence electrons. The predicted molar refractivity (Wildman–Crippen MR) is 60.6 cm³/mol. The Labute approximate surface area is 90.7 Å². The van der Waals surface area contributed by atoms with Gasteiger partial charge in [0.25, 0.3) is 0 Å². The minimum atomic E-state index is 0.0860. The van der Waals surface area contributed by atoms with E-state index in [4.69, 9.17) is 0 Å². The Hall–Kier alpha value is -1.31. The molecule has 2 rings (SSSR count). The standard InChI is InChI=1S/C13H17NO/c1-10(15)14-13-9-5-8-12(13)11-6-3-2-4-7-11/h2-4,6-7,12-13H,5,8-9H2,1H3,(H,14,15)/t12-,13+/m0/s1. The molecule has 0 radical (unpaired) electrons. The minimum absolute atomic E-state index is 0.0860. The van der Waals surface area contributed by atoms with E-state index in [2.05, 4.69) is 29.6 Å². The summed E-state index contributed by atoms with van der Waals surface area (Å²) in [5.41, 5.74) is 1.36. The van der Waals surface area contributed by atoms with Crippen molar-refractivity contribution in [3.05, 3.63) is 35.9 Å². The number of benzene rings is 1. The average molecular weight is 203 g/mol. The largest absolute Gasteiger partial charge is 0.353 e. The van der Waals surface area contributed by atoms with Crippen LogP contribution in [0.2, 0.25) is 0 Å². The van der Waals surface area contributed by atoms with Gasteiger partial charge in [0.1, 0.15) is 0 Å². The third-order valence-corrected chi connectivity index (χ3v) is 3.13. The summed E-state index contributed by atoms with van der Waals surface area (Å²) < 4.78 is 0. The molecule has 2 atom stereocenters. The molecule has 1 aromatic carbocycles. The molecule has 1 saturated carbocycles. The zero-order valence-corrected chi connectivity index (χ0v) is 9.07. The van der Waals surface area contributed by atoms with Gasteiger partial charge in [0.05, 0.1) is 0 Å². The van der Waals surface area contributed by atoms with Crippen LogP contribution in [0, 0.1) is 0 Å². The monoisotopic (exact) mass is 203 g/mol. The molecule has 2 nitrogen and oxygen atoms in total. The summed E-state index contributed by atoms with van der Waals surface area (Å²) in [6, 6.07) is 10.8. The van der Waals surface area contributed by atoms with Crippen LogP contribution in [-0.2, 0) is 4.79 Å². The first-order valence-electron chi connectivity index (χ1n) is 5.59. The summed E-state index contributed by atoms with van der Waals surface area (Å²) in [6.45, 7) is 1.60. The average Bonchev–Trinajstić information content (AvgIpc) is 2.66. The van der Waals surface area contributed by atoms with Crippen LogP contribution >= 0.6 is 0 Å². The first kappa shape index (κ1) is 10.2. The van der Waals surface area contributed by atoms with Crippen LogP contribution in [0.15, 0.2) is 30.3 Å². The second-order valence-corrected chi connectivity index (χ2v) is 4.26. The number of amides is 1. The fourth-order valence-electron chi connectivity index (χ4n) is 2.49. The Morgan fingerprint density at radius 2 is 2.00 bits per heavy atom. The lowest BCUT2D eigenvalue weighted by molar-refractivity contribution is -0.119. The molecule has 1 aliphatic carbocycles. The number of carbonyl (C=O) groups is 1. The fourth-order valence-corrected chi connectivity index (χ4v) is 2.49. The van der Waals surface area contributed by atoms with Crippen molar-refractivity contribution >= 4 is 5.91 Å². The van der Waals surface area contributed by atoms with Crippen LogP contribution in [0.1, 0.15) is 37.7 Å². The maximum atomic E-state index is 11.1. The molecule has 0 aromatic heterocycles. The lowest BCUT2D eigenvalue weighted by Crippen LogP contribution is -2.34. The maximum Gasteiger partial charge on any atom is 0.217 e. The van der Waals surface area contributed by atoms with Crippen molar-refractivity contribution in [3.63, 3.8) is 0 Å². The van der Waals surface area contributed by atoms with E-state index in [0.29, 0.717) is 12.0 Å². The lowest BCUT2D eigenvalue weighted by atomic mass is 9.94. The van der Waals surface area contributed by atoms with Gasteiger partial charge in [-0.05, 0) is 18.4 Å². The van der Waals surface area contributed by atoms with Crippen molar-refractivity contribution in [2.75, 3.05) is 0 Å². The van der Waals surface area contributed by atoms with Crippen LogP contribution in [0.3, 0.4) is 0 Å². The van der Waals surface area contributed by atoms with Gasteiger partial charge in [0, 0.05) is 18.9 Å². The summed E-state index contributed by atoms with van der Waals surface area (Å²) in [7, 11) is 0. The Balaban J connectivity index is 2.11. The van der Waals surface area contributed by atoms with Crippen molar-refractivity contribution in [2.24, 2.45) is 0 Å². The maximum absolute atomic E-state index is 11.1. The summed E-state index contributed by atoms with van der Waals surface area (Å²) in [6.07, 6.45) is 3.51. The van der Waals surface area contributed by atoms with E-state index in [1.807, 2.05) is 6.07 Å². The molecule has 2 heteroatoms. The molecule has 1 N–H and O–H groups in total. The van der Waals surface area contributed by atoms with Crippen molar-refractivity contribution in [3.8, 4) is 0 Å². The third kappa shape index (κ3) is 2.38. The summed E-state index contributed by atoms with van der Waals surface area (Å²) >= 11 is 0. The van der Waals surface area contributed by atoms with Crippen LogP contribution in [0.4, 0.5) is 0 Å². The number of nitrogens with one attached hydrogen (secondary N) is 1. The highest BCUT2D eigenvalue weighted by Gasteiger charge is 2.28. The predicted octanol–water partition coefficient (Wildman–Crippen LogP) is 2.46. The topological polar surface area (TPSA) is 29.1 Å². The number of hydrogen-bond donors (Lipinski definition) is 1. The van der Waals surface area contributed by atoms with Crippen LogP contribution in [0.5, 0.6) is 0 Å². The Morgan fingerprint density at radius 1 is 1.27 bits per heavy atom. The quantitative estimate of drug-likeness (QED) is 0.786. The Morgan fingerprint density at radius 3 is 2.67 bits per heavy atom. The molecule has 1 aromatic rings. The van der Waals surface area contributed by atoms with E-state index in [-0.39, 0.29) is 5.91 Å². The first-order valence-corrected chi connectivity index (χ1v) is 5.59. The van der Waals surface area contributed by atoms with Crippen molar-refractivity contribution in [1.82, 2.24) is 5.32 Å². The molecule has 1 fully saturated rings. The number of hydrogen-bond acceptors (Lipinski definition) is 1. The van der Waals surface area contributed by atoms with Crippen molar-refractivity contribution < 1.29 is 4.79 Å².